The molecule has 0 saturated carbocycles. The van der Waals surface area contributed by atoms with E-state index in [9.17, 15) is 23.1 Å². The van der Waals surface area contributed by atoms with E-state index >= 15 is 0 Å². The summed E-state index contributed by atoms with van der Waals surface area (Å²) >= 11 is 0. The number of fused-ring (bicyclic) bond motifs is 1. The highest BCUT2D eigenvalue weighted by Gasteiger charge is 2.62. The number of rotatable bonds is 2. The number of halogens is 3. The van der Waals surface area contributed by atoms with Gasteiger partial charge in [-0.2, -0.15) is 13.2 Å². The number of aliphatic hydroxyl groups is 1. The number of benzene rings is 1. The van der Waals surface area contributed by atoms with Crippen molar-refractivity contribution in [1.82, 2.24) is 4.98 Å². The fourth-order valence-corrected chi connectivity index (χ4v) is 1.85. The van der Waals surface area contributed by atoms with Crippen LogP contribution in [0.3, 0.4) is 0 Å². The van der Waals surface area contributed by atoms with E-state index < -0.39 is 23.3 Å². The first-order valence-electron chi connectivity index (χ1n) is 5.53. The molecule has 1 heterocycles. The van der Waals surface area contributed by atoms with E-state index in [4.69, 9.17) is 0 Å². The van der Waals surface area contributed by atoms with Crippen LogP contribution < -0.4 is 0 Å². The Labute approximate surface area is 111 Å². The molecule has 20 heavy (non-hydrogen) atoms. The van der Waals surface area contributed by atoms with Crippen molar-refractivity contribution in [2.24, 2.45) is 0 Å². The number of aromatic nitrogens is 1. The van der Waals surface area contributed by atoms with E-state index in [2.05, 4.69) is 9.72 Å². The summed E-state index contributed by atoms with van der Waals surface area (Å²) in [5, 5.41) is 10.2. The number of hydrogen-bond donors (Lipinski definition) is 1. The molecule has 7 heteroatoms. The van der Waals surface area contributed by atoms with Gasteiger partial charge in [0.2, 0.25) is 0 Å². The van der Waals surface area contributed by atoms with E-state index in [1.165, 1.54) is 24.4 Å². The Morgan fingerprint density at radius 2 is 2.00 bits per heavy atom. The molecular weight excluding hydrogens is 275 g/mol. The fourth-order valence-electron chi connectivity index (χ4n) is 1.85. The molecule has 0 aliphatic carbocycles. The average molecular weight is 285 g/mol. The summed E-state index contributed by atoms with van der Waals surface area (Å²) in [6, 6.07) is 6.42. The molecule has 106 valence electrons. The normalized spacial score (nSPS) is 14.8. The van der Waals surface area contributed by atoms with Crippen molar-refractivity contribution in [2.45, 2.75) is 11.8 Å². The Hall–Kier alpha value is -2.15. The molecule has 4 nitrogen and oxygen atoms in total. The number of esters is 1. The lowest BCUT2D eigenvalue weighted by atomic mass is 9.92. The summed E-state index contributed by atoms with van der Waals surface area (Å²) in [7, 11) is 0.779. The van der Waals surface area contributed by atoms with E-state index in [0.29, 0.717) is 10.9 Å². The second-order valence-electron chi connectivity index (χ2n) is 4.11. The van der Waals surface area contributed by atoms with Crippen LogP contribution in [-0.2, 0) is 15.1 Å². The molecule has 0 aliphatic rings. The molecule has 0 saturated heterocycles. The first-order valence-corrected chi connectivity index (χ1v) is 5.53. The molecule has 1 atom stereocenters. The predicted octanol–water partition coefficient (Wildman–Crippen LogP) is 2.16. The zero-order valence-electron chi connectivity index (χ0n) is 10.3. The van der Waals surface area contributed by atoms with E-state index in [1.807, 2.05) is 0 Å². The van der Waals surface area contributed by atoms with Crippen LogP contribution in [0.5, 0.6) is 0 Å². The van der Waals surface area contributed by atoms with Crippen LogP contribution in [0.2, 0.25) is 0 Å². The van der Waals surface area contributed by atoms with Gasteiger partial charge in [0, 0.05) is 17.1 Å². The highest BCUT2D eigenvalue weighted by molar-refractivity contribution is 5.86. The molecule has 2 rings (SSSR count). The third-order valence-corrected chi connectivity index (χ3v) is 2.91. The second kappa shape index (κ2) is 4.75. The molecule has 1 aromatic carbocycles. The fraction of sp³-hybridized carbons (Fsp3) is 0.231. The van der Waals surface area contributed by atoms with Crippen LogP contribution in [0, 0.1) is 0 Å². The van der Waals surface area contributed by atoms with Crippen molar-refractivity contribution in [1.29, 1.82) is 0 Å². The van der Waals surface area contributed by atoms with Crippen molar-refractivity contribution in [3.63, 3.8) is 0 Å². The Balaban J connectivity index is 2.66. The van der Waals surface area contributed by atoms with Crippen LogP contribution in [0.25, 0.3) is 10.9 Å². The summed E-state index contributed by atoms with van der Waals surface area (Å²) in [5.74, 6) is -1.78. The van der Waals surface area contributed by atoms with Gasteiger partial charge >= 0.3 is 12.1 Å². The number of ether oxygens (including phenoxy) is 1. The summed E-state index contributed by atoms with van der Waals surface area (Å²) in [6.07, 6.45) is -3.71. The van der Waals surface area contributed by atoms with Gasteiger partial charge in [-0.25, -0.2) is 4.79 Å². The van der Waals surface area contributed by atoms with E-state index in [0.717, 1.165) is 19.2 Å². The monoisotopic (exact) mass is 285 g/mol. The van der Waals surface area contributed by atoms with Crippen molar-refractivity contribution < 1.29 is 27.8 Å². The number of methoxy groups -OCH3 is 1. The topological polar surface area (TPSA) is 59.4 Å². The molecule has 0 bridgehead atoms. The minimum atomic E-state index is -5.20. The van der Waals surface area contributed by atoms with Gasteiger partial charge in [-0.15, -0.1) is 0 Å². The summed E-state index contributed by atoms with van der Waals surface area (Å²) in [4.78, 5) is 15.4. The van der Waals surface area contributed by atoms with Crippen LogP contribution >= 0.6 is 0 Å². The molecular formula is C13H10F3NO3. The van der Waals surface area contributed by atoms with Crippen LogP contribution in [0.15, 0.2) is 36.5 Å². The second-order valence-corrected chi connectivity index (χ2v) is 4.11. The maximum Gasteiger partial charge on any atom is 0.432 e. The SMILES string of the molecule is COC(=O)[C@@](O)(c1ccc2ncccc2c1)C(F)(F)F. The number of carbonyl (C=O) groups excluding carboxylic acids is 1. The van der Waals surface area contributed by atoms with Crippen LogP contribution in [-0.4, -0.2) is 29.3 Å². The van der Waals surface area contributed by atoms with Gasteiger partial charge in [-0.1, -0.05) is 12.1 Å². The lowest BCUT2D eigenvalue weighted by molar-refractivity contribution is -0.266. The molecule has 1 N–H and O–H groups in total. The van der Waals surface area contributed by atoms with Crippen molar-refractivity contribution in [2.75, 3.05) is 7.11 Å². The number of nitrogens with zero attached hydrogens (tertiary/aromatic N) is 1. The Bertz CT molecular complexity index is 657. The van der Waals surface area contributed by atoms with Gasteiger partial charge in [0.25, 0.3) is 5.60 Å². The summed E-state index contributed by atoms with van der Waals surface area (Å²) in [5.41, 5.74) is -3.87. The van der Waals surface area contributed by atoms with Crippen molar-refractivity contribution in [3.05, 3.63) is 42.1 Å². The number of pyridine rings is 1. The maximum atomic E-state index is 13.1. The minimum Gasteiger partial charge on any atom is -0.466 e. The highest BCUT2D eigenvalue weighted by atomic mass is 19.4. The van der Waals surface area contributed by atoms with Gasteiger partial charge in [0.1, 0.15) is 0 Å². The van der Waals surface area contributed by atoms with Gasteiger partial charge < -0.3 is 9.84 Å². The number of alkyl halides is 3. The Morgan fingerprint density at radius 1 is 1.30 bits per heavy atom. The molecule has 0 aliphatic heterocycles. The molecule has 1 aromatic heterocycles. The van der Waals surface area contributed by atoms with E-state index in [-0.39, 0.29) is 0 Å². The zero-order chi connectivity index (χ0) is 15.0. The average Bonchev–Trinajstić information content (AvgIpc) is 2.43. The molecule has 0 amide bonds. The molecule has 0 unspecified atom stereocenters. The maximum absolute atomic E-state index is 13.1. The minimum absolute atomic E-state index is 0.372. The first-order chi connectivity index (χ1) is 9.30. The van der Waals surface area contributed by atoms with E-state index in [1.54, 1.807) is 0 Å². The third kappa shape index (κ3) is 2.09. The molecule has 0 radical (unpaired) electrons. The highest BCUT2D eigenvalue weighted by Crippen LogP contribution is 2.40. The zero-order valence-corrected chi connectivity index (χ0v) is 10.3. The molecule has 0 fully saturated rings. The lowest BCUT2D eigenvalue weighted by Crippen LogP contribution is -2.49. The lowest BCUT2D eigenvalue weighted by Gasteiger charge is -2.28. The van der Waals surface area contributed by atoms with Crippen LogP contribution in [0.4, 0.5) is 13.2 Å². The standard InChI is InChI=1S/C13H10F3NO3/c1-20-11(18)12(19,13(14,15)16)9-4-5-10-8(7-9)3-2-6-17-10/h2-7,19H,1H3/t12-/m0/s1. The molecule has 0 spiro atoms. The van der Waals surface area contributed by atoms with Gasteiger partial charge in [0.05, 0.1) is 12.6 Å². The smallest absolute Gasteiger partial charge is 0.432 e. The van der Waals surface area contributed by atoms with Gasteiger partial charge in [-0.05, 0) is 18.2 Å². The van der Waals surface area contributed by atoms with Gasteiger partial charge in [0.15, 0.2) is 0 Å². The predicted molar refractivity (Wildman–Crippen MR) is 63.7 cm³/mol. The Morgan fingerprint density at radius 3 is 2.60 bits per heavy atom. The molecule has 2 aromatic rings. The Kier molecular flexibility index (Phi) is 3.39. The number of carbonyl (C=O) groups is 1. The summed E-state index contributed by atoms with van der Waals surface area (Å²) < 4.78 is 43.3. The largest absolute Gasteiger partial charge is 0.466 e. The van der Waals surface area contributed by atoms with Crippen molar-refractivity contribution >= 4 is 16.9 Å². The van der Waals surface area contributed by atoms with Gasteiger partial charge in [-0.3, -0.25) is 4.98 Å². The third-order valence-electron chi connectivity index (χ3n) is 2.91. The quantitative estimate of drug-likeness (QED) is 0.859. The summed E-state index contributed by atoms with van der Waals surface area (Å²) in [6.45, 7) is 0. The first kappa shape index (κ1) is 14.3. The van der Waals surface area contributed by atoms with Crippen LogP contribution in [0.1, 0.15) is 5.56 Å². The number of hydrogen-bond acceptors (Lipinski definition) is 4. The van der Waals surface area contributed by atoms with Crippen molar-refractivity contribution in [3.8, 4) is 0 Å².